The Morgan fingerprint density at radius 1 is 1.34 bits per heavy atom. The molecule has 0 bridgehead atoms. The minimum atomic E-state index is -0.474. The number of anilines is 1. The Balaban J connectivity index is 1.38. The lowest BCUT2D eigenvalue weighted by Gasteiger charge is -2.34. The molecule has 3 aliphatic rings. The lowest BCUT2D eigenvalue weighted by Crippen LogP contribution is -2.47. The van der Waals surface area contributed by atoms with Crippen molar-refractivity contribution < 1.29 is 9.18 Å². The summed E-state index contributed by atoms with van der Waals surface area (Å²) in [6.07, 6.45) is 4.48. The molecule has 1 N–H and O–H groups in total. The van der Waals surface area contributed by atoms with E-state index in [1.54, 1.807) is 6.07 Å². The van der Waals surface area contributed by atoms with Gasteiger partial charge in [-0.3, -0.25) is 0 Å². The Morgan fingerprint density at radius 3 is 2.72 bits per heavy atom. The summed E-state index contributed by atoms with van der Waals surface area (Å²) in [7, 11) is 2.16. The highest BCUT2D eigenvalue weighted by atomic mass is 35.5. The molecule has 3 atom stereocenters. The molecule has 29 heavy (non-hydrogen) atoms. The van der Waals surface area contributed by atoms with Gasteiger partial charge in [-0.25, -0.2) is 9.18 Å². The second-order valence-corrected chi connectivity index (χ2v) is 9.73. The fraction of sp³-hybridized carbons (Fsp3) is 0.682. The van der Waals surface area contributed by atoms with Crippen molar-refractivity contribution in [2.45, 2.75) is 38.6 Å². The van der Waals surface area contributed by atoms with Crippen LogP contribution in [-0.2, 0) is 0 Å². The molecule has 2 unspecified atom stereocenters. The number of rotatable bonds is 6. The van der Waals surface area contributed by atoms with Crippen LogP contribution in [0.2, 0.25) is 5.02 Å². The van der Waals surface area contributed by atoms with Gasteiger partial charge in [-0.15, -0.1) is 0 Å². The van der Waals surface area contributed by atoms with E-state index in [2.05, 4.69) is 29.1 Å². The molecule has 7 heteroatoms. The van der Waals surface area contributed by atoms with E-state index in [1.807, 2.05) is 4.90 Å². The van der Waals surface area contributed by atoms with Crippen LogP contribution in [0, 0.1) is 17.2 Å². The molecule has 1 aromatic carbocycles. The second kappa shape index (κ2) is 8.40. The average molecular weight is 423 g/mol. The number of carbonyl (C=O) groups is 1. The van der Waals surface area contributed by atoms with Gasteiger partial charge in [-0.2, -0.15) is 0 Å². The molecule has 160 valence electrons. The number of piperazine rings is 1. The summed E-state index contributed by atoms with van der Waals surface area (Å²) in [6.45, 7) is 8.54. The van der Waals surface area contributed by atoms with Gasteiger partial charge in [0, 0.05) is 44.5 Å². The van der Waals surface area contributed by atoms with E-state index >= 15 is 0 Å². The second-order valence-electron chi connectivity index (χ2n) is 9.32. The molecule has 0 spiro atoms. The number of halogens is 2. The van der Waals surface area contributed by atoms with Gasteiger partial charge in [0.1, 0.15) is 5.82 Å². The fourth-order valence-corrected chi connectivity index (χ4v) is 5.29. The first-order valence-corrected chi connectivity index (χ1v) is 11.2. The number of fused-ring (bicyclic) bond motifs is 1. The highest BCUT2D eigenvalue weighted by Crippen LogP contribution is 2.64. The molecule has 1 heterocycles. The monoisotopic (exact) mass is 422 g/mol. The van der Waals surface area contributed by atoms with Gasteiger partial charge in [-0.1, -0.05) is 18.5 Å². The van der Waals surface area contributed by atoms with Crippen molar-refractivity contribution in [3.05, 3.63) is 29.0 Å². The molecular weight excluding hydrogens is 391 g/mol. The molecule has 2 aliphatic carbocycles. The van der Waals surface area contributed by atoms with E-state index < -0.39 is 5.82 Å². The van der Waals surface area contributed by atoms with Gasteiger partial charge in [0.25, 0.3) is 0 Å². The normalized spacial score (nSPS) is 29.5. The van der Waals surface area contributed by atoms with Crippen molar-refractivity contribution in [1.82, 2.24) is 14.7 Å². The van der Waals surface area contributed by atoms with Crippen molar-refractivity contribution in [3.8, 4) is 0 Å². The number of likely N-dealkylation sites (N-methyl/N-ethyl adjacent to an activating group) is 1. The van der Waals surface area contributed by atoms with Crippen LogP contribution in [0.25, 0.3) is 0 Å². The minimum Gasteiger partial charge on any atom is -0.321 e. The van der Waals surface area contributed by atoms with Gasteiger partial charge in [0.2, 0.25) is 0 Å². The third-order valence-corrected chi connectivity index (χ3v) is 7.49. The predicted molar refractivity (Wildman–Crippen MR) is 115 cm³/mol. The van der Waals surface area contributed by atoms with E-state index in [0.29, 0.717) is 23.1 Å². The summed E-state index contributed by atoms with van der Waals surface area (Å²) < 4.78 is 13.4. The number of hydrogen-bond donors (Lipinski definition) is 1. The molecule has 3 fully saturated rings. The molecule has 5 nitrogen and oxygen atoms in total. The van der Waals surface area contributed by atoms with Crippen LogP contribution < -0.4 is 5.32 Å². The van der Waals surface area contributed by atoms with Gasteiger partial charge in [0.15, 0.2) is 0 Å². The van der Waals surface area contributed by atoms with Crippen molar-refractivity contribution in [1.29, 1.82) is 0 Å². The van der Waals surface area contributed by atoms with E-state index in [1.165, 1.54) is 25.0 Å². The predicted octanol–water partition coefficient (Wildman–Crippen LogP) is 4.14. The Bertz CT molecular complexity index is 754. The highest BCUT2D eigenvalue weighted by Gasteiger charge is 2.60. The number of nitrogens with one attached hydrogen (secondary N) is 1. The third kappa shape index (κ3) is 4.70. The van der Waals surface area contributed by atoms with Gasteiger partial charge in [-0.05, 0) is 68.8 Å². The van der Waals surface area contributed by atoms with Crippen molar-refractivity contribution in [2.24, 2.45) is 11.3 Å². The topological polar surface area (TPSA) is 38.8 Å². The van der Waals surface area contributed by atoms with Crippen LogP contribution in [0.15, 0.2) is 18.2 Å². The fourth-order valence-electron chi connectivity index (χ4n) is 5.11. The lowest BCUT2D eigenvalue weighted by molar-refractivity contribution is 0.140. The molecule has 1 aliphatic heterocycles. The first-order chi connectivity index (χ1) is 13.9. The summed E-state index contributed by atoms with van der Waals surface area (Å²) in [4.78, 5) is 20.0. The quantitative estimate of drug-likeness (QED) is 0.748. The van der Waals surface area contributed by atoms with E-state index in [0.717, 1.165) is 52.1 Å². The van der Waals surface area contributed by atoms with Crippen molar-refractivity contribution in [2.75, 3.05) is 51.6 Å². The first-order valence-electron chi connectivity index (χ1n) is 10.8. The van der Waals surface area contributed by atoms with Crippen LogP contribution in [0.3, 0.4) is 0 Å². The SMILES string of the molecule is CN1CCN(CCCN(C(=O)Nc2ccc(F)c(Cl)c2)C2CC[C@]3(C)CC23)CC1. The molecule has 2 saturated carbocycles. The summed E-state index contributed by atoms with van der Waals surface area (Å²) in [5.74, 6) is 0.145. The molecular formula is C22H32ClFN4O. The number of benzene rings is 1. The van der Waals surface area contributed by atoms with E-state index in [9.17, 15) is 9.18 Å². The highest BCUT2D eigenvalue weighted by molar-refractivity contribution is 6.31. The summed E-state index contributed by atoms with van der Waals surface area (Å²) in [6, 6.07) is 4.56. The van der Waals surface area contributed by atoms with E-state index in [4.69, 9.17) is 11.6 Å². The van der Waals surface area contributed by atoms with Crippen LogP contribution in [-0.4, -0.2) is 73.1 Å². The largest absolute Gasteiger partial charge is 0.322 e. The molecule has 0 radical (unpaired) electrons. The molecule has 1 saturated heterocycles. The summed E-state index contributed by atoms with van der Waals surface area (Å²) in [5, 5.41) is 2.98. The number of nitrogens with zero attached hydrogens (tertiary/aromatic N) is 3. The van der Waals surface area contributed by atoms with E-state index in [-0.39, 0.29) is 11.1 Å². The zero-order valence-electron chi connectivity index (χ0n) is 17.5. The van der Waals surface area contributed by atoms with Crippen LogP contribution in [0.4, 0.5) is 14.9 Å². The number of urea groups is 1. The zero-order valence-corrected chi connectivity index (χ0v) is 18.2. The standard InChI is InChI=1S/C22H32ClFN4O/c1-22-7-6-20(17(22)15-22)28(9-3-8-27-12-10-26(2)11-13-27)21(29)25-16-4-5-19(24)18(23)14-16/h4-5,14,17,20H,3,6-13,15H2,1-2H3,(H,25,29)/t17?,20?,22-/m1/s1. The number of carbonyl (C=O) groups excluding carboxylic acids is 1. The maximum Gasteiger partial charge on any atom is 0.322 e. The molecule has 0 aromatic heterocycles. The maximum atomic E-state index is 13.4. The van der Waals surface area contributed by atoms with Gasteiger partial charge >= 0.3 is 6.03 Å². The summed E-state index contributed by atoms with van der Waals surface area (Å²) >= 11 is 5.88. The van der Waals surface area contributed by atoms with Crippen molar-refractivity contribution >= 4 is 23.3 Å². The van der Waals surface area contributed by atoms with Crippen molar-refractivity contribution in [3.63, 3.8) is 0 Å². The Morgan fingerprint density at radius 2 is 2.10 bits per heavy atom. The van der Waals surface area contributed by atoms with Crippen LogP contribution in [0.1, 0.15) is 32.6 Å². The molecule has 1 aromatic rings. The Hall–Kier alpha value is -1.37. The summed E-state index contributed by atoms with van der Waals surface area (Å²) in [5.41, 5.74) is 0.974. The van der Waals surface area contributed by atoms with Gasteiger partial charge < -0.3 is 20.0 Å². The number of amides is 2. The first kappa shape index (κ1) is 20.9. The zero-order chi connectivity index (χ0) is 20.6. The number of hydrogen-bond acceptors (Lipinski definition) is 3. The molecule has 4 rings (SSSR count). The Labute approximate surface area is 178 Å². The average Bonchev–Trinajstić information content (AvgIpc) is 3.26. The maximum absolute atomic E-state index is 13.4. The van der Waals surface area contributed by atoms with Crippen LogP contribution in [0.5, 0.6) is 0 Å². The van der Waals surface area contributed by atoms with Crippen LogP contribution >= 0.6 is 11.6 Å². The smallest absolute Gasteiger partial charge is 0.321 e. The Kier molecular flexibility index (Phi) is 6.05. The van der Waals surface area contributed by atoms with Gasteiger partial charge in [0.05, 0.1) is 5.02 Å². The molecule has 2 amide bonds. The lowest BCUT2D eigenvalue weighted by atomic mass is 10.1. The minimum absolute atomic E-state index is 0.0278. The third-order valence-electron chi connectivity index (χ3n) is 7.20.